The molecular formula is C31H52N2O3. The molecule has 36 heavy (non-hydrogen) atoms. The highest BCUT2D eigenvalue weighted by molar-refractivity contribution is 5.98. The molecule has 0 saturated heterocycles. The molecule has 0 spiro atoms. The van der Waals surface area contributed by atoms with Crippen molar-refractivity contribution < 1.29 is 14.3 Å². The van der Waals surface area contributed by atoms with Crippen molar-refractivity contribution in [2.45, 2.75) is 123 Å². The van der Waals surface area contributed by atoms with E-state index in [0.717, 1.165) is 56.3 Å². The number of ether oxygens (including phenoxy) is 1. The number of amides is 1. The molecule has 1 aromatic carbocycles. The van der Waals surface area contributed by atoms with Crippen molar-refractivity contribution in [1.82, 2.24) is 5.32 Å². The maximum Gasteiger partial charge on any atom is 0.330 e. The van der Waals surface area contributed by atoms with Crippen LogP contribution in [0, 0.1) is 0 Å². The first-order chi connectivity index (χ1) is 17.5. The Bertz CT molecular complexity index is 745. The van der Waals surface area contributed by atoms with Gasteiger partial charge in [0.15, 0.2) is 0 Å². The quantitative estimate of drug-likeness (QED) is 0.102. The normalized spacial score (nSPS) is 13.0. The van der Waals surface area contributed by atoms with Gasteiger partial charge in [0.1, 0.15) is 0 Å². The van der Waals surface area contributed by atoms with Gasteiger partial charge in [0.05, 0.1) is 12.1 Å². The van der Waals surface area contributed by atoms with Crippen molar-refractivity contribution in [3.8, 4) is 0 Å². The van der Waals surface area contributed by atoms with Crippen LogP contribution in [0.25, 0.3) is 6.08 Å². The van der Waals surface area contributed by atoms with Crippen molar-refractivity contribution in [2.75, 3.05) is 18.5 Å². The molecule has 0 unspecified atom stereocenters. The number of esters is 1. The van der Waals surface area contributed by atoms with Gasteiger partial charge in [0, 0.05) is 11.8 Å². The first-order valence-electron chi connectivity index (χ1n) is 14.5. The predicted molar refractivity (Wildman–Crippen MR) is 153 cm³/mol. The van der Waals surface area contributed by atoms with Gasteiger partial charge < -0.3 is 15.4 Å². The third kappa shape index (κ3) is 13.2. The van der Waals surface area contributed by atoms with Gasteiger partial charge in [0.2, 0.25) is 5.91 Å². The zero-order valence-electron chi connectivity index (χ0n) is 23.5. The zero-order chi connectivity index (χ0) is 26.5. The van der Waals surface area contributed by atoms with E-state index in [1.54, 1.807) is 13.0 Å². The van der Waals surface area contributed by atoms with Crippen LogP contribution >= 0.6 is 0 Å². The van der Waals surface area contributed by atoms with Crippen LogP contribution in [-0.4, -0.2) is 30.6 Å². The summed E-state index contributed by atoms with van der Waals surface area (Å²) in [6, 6.07) is 7.63. The van der Waals surface area contributed by atoms with Crippen LogP contribution in [0.3, 0.4) is 0 Å². The molecule has 0 saturated carbocycles. The Hall–Kier alpha value is -2.14. The Morgan fingerprint density at radius 2 is 1.33 bits per heavy atom. The van der Waals surface area contributed by atoms with E-state index >= 15 is 0 Å². The smallest absolute Gasteiger partial charge is 0.330 e. The minimum absolute atomic E-state index is 0.0819. The first-order valence-corrected chi connectivity index (χ1v) is 14.5. The lowest BCUT2D eigenvalue weighted by molar-refractivity contribution is -0.137. The number of hydrogen-bond acceptors (Lipinski definition) is 4. The highest BCUT2D eigenvalue weighted by atomic mass is 16.5. The SMILES string of the molecule is CCCCCCCC[C@](CCCCCC)(NCCCC)C(=O)Nc1ccc(/C=C/C(=O)OCC)cc1. The minimum atomic E-state index is -0.532. The molecule has 1 rings (SSSR count). The van der Waals surface area contributed by atoms with Gasteiger partial charge in [-0.2, -0.15) is 0 Å². The average Bonchev–Trinajstić information content (AvgIpc) is 2.88. The van der Waals surface area contributed by atoms with Gasteiger partial charge in [-0.1, -0.05) is 104 Å². The van der Waals surface area contributed by atoms with E-state index in [4.69, 9.17) is 4.74 Å². The fraction of sp³-hybridized carbons (Fsp3) is 0.677. The van der Waals surface area contributed by atoms with Crippen molar-refractivity contribution in [2.24, 2.45) is 0 Å². The van der Waals surface area contributed by atoms with E-state index in [2.05, 4.69) is 31.4 Å². The van der Waals surface area contributed by atoms with Crippen LogP contribution in [-0.2, 0) is 14.3 Å². The lowest BCUT2D eigenvalue weighted by atomic mass is 9.84. The summed E-state index contributed by atoms with van der Waals surface area (Å²) in [5, 5.41) is 6.92. The second kappa shape index (κ2) is 20.0. The van der Waals surface area contributed by atoms with Crippen LogP contribution in [0.4, 0.5) is 5.69 Å². The molecule has 0 heterocycles. The molecular weight excluding hydrogens is 448 g/mol. The molecule has 1 atom stereocenters. The fourth-order valence-corrected chi connectivity index (χ4v) is 4.46. The summed E-state index contributed by atoms with van der Waals surface area (Å²) in [6.07, 6.45) is 19.0. The summed E-state index contributed by atoms with van der Waals surface area (Å²) < 4.78 is 4.93. The predicted octanol–water partition coefficient (Wildman–Crippen LogP) is 8.05. The second-order valence-corrected chi connectivity index (χ2v) is 9.85. The van der Waals surface area contributed by atoms with Crippen molar-refractivity contribution in [3.63, 3.8) is 0 Å². The largest absolute Gasteiger partial charge is 0.463 e. The van der Waals surface area contributed by atoms with Crippen LogP contribution < -0.4 is 10.6 Å². The van der Waals surface area contributed by atoms with Crippen molar-refractivity contribution in [1.29, 1.82) is 0 Å². The number of unbranched alkanes of at least 4 members (excludes halogenated alkanes) is 9. The van der Waals surface area contributed by atoms with E-state index in [1.807, 2.05) is 24.3 Å². The molecule has 0 aliphatic carbocycles. The number of nitrogens with one attached hydrogen (secondary N) is 2. The van der Waals surface area contributed by atoms with Crippen molar-refractivity contribution >= 4 is 23.6 Å². The van der Waals surface area contributed by atoms with Gasteiger partial charge in [-0.25, -0.2) is 4.79 Å². The summed E-state index contributed by atoms with van der Waals surface area (Å²) >= 11 is 0. The van der Waals surface area contributed by atoms with E-state index < -0.39 is 5.54 Å². The second-order valence-electron chi connectivity index (χ2n) is 9.85. The molecule has 5 nitrogen and oxygen atoms in total. The summed E-state index contributed by atoms with van der Waals surface area (Å²) in [6.45, 7) is 9.67. The molecule has 0 bridgehead atoms. The standard InChI is InChI=1S/C31H52N2O3/c1-5-9-12-14-15-17-25-31(32-26-11-7-3,24-16-13-10-6-2)30(35)33-28-21-18-27(19-22-28)20-23-29(34)36-8-4/h18-23,32H,5-17,24-26H2,1-4H3,(H,33,35)/b23-20+/t31-/m0/s1. The molecule has 0 fully saturated rings. The maximum atomic E-state index is 13.8. The Morgan fingerprint density at radius 3 is 1.92 bits per heavy atom. The molecule has 0 radical (unpaired) electrons. The minimum Gasteiger partial charge on any atom is -0.463 e. The van der Waals surface area contributed by atoms with E-state index in [-0.39, 0.29) is 11.9 Å². The molecule has 0 aromatic heterocycles. The Kier molecular flexibility index (Phi) is 17.7. The highest BCUT2D eigenvalue weighted by Crippen LogP contribution is 2.26. The monoisotopic (exact) mass is 500 g/mol. The number of hydrogen-bond donors (Lipinski definition) is 2. The molecule has 0 aliphatic heterocycles. The van der Waals surface area contributed by atoms with Gasteiger partial charge in [-0.05, 0) is 56.5 Å². The molecule has 0 aliphatic rings. The van der Waals surface area contributed by atoms with E-state index in [1.165, 1.54) is 57.4 Å². The topological polar surface area (TPSA) is 67.4 Å². The van der Waals surface area contributed by atoms with Gasteiger partial charge >= 0.3 is 5.97 Å². The maximum absolute atomic E-state index is 13.8. The first kappa shape index (κ1) is 31.9. The van der Waals surface area contributed by atoms with E-state index in [0.29, 0.717) is 6.61 Å². The number of benzene rings is 1. The summed E-state index contributed by atoms with van der Waals surface area (Å²) in [5.41, 5.74) is 1.14. The Labute approximate surface area is 220 Å². The van der Waals surface area contributed by atoms with Gasteiger partial charge in [-0.3, -0.25) is 4.79 Å². The summed E-state index contributed by atoms with van der Waals surface area (Å²) in [4.78, 5) is 25.3. The number of rotatable bonds is 21. The van der Waals surface area contributed by atoms with Crippen molar-refractivity contribution in [3.05, 3.63) is 35.9 Å². The third-order valence-electron chi connectivity index (χ3n) is 6.71. The molecule has 5 heteroatoms. The number of anilines is 1. The molecule has 1 amide bonds. The molecule has 1 aromatic rings. The molecule has 2 N–H and O–H groups in total. The van der Waals surface area contributed by atoms with Crippen LogP contribution in [0.1, 0.15) is 123 Å². The lowest BCUT2D eigenvalue weighted by Crippen LogP contribution is -2.55. The Balaban J connectivity index is 2.94. The van der Waals surface area contributed by atoms with E-state index in [9.17, 15) is 9.59 Å². The average molecular weight is 501 g/mol. The van der Waals surface area contributed by atoms with Gasteiger partial charge in [-0.15, -0.1) is 0 Å². The fourth-order valence-electron chi connectivity index (χ4n) is 4.46. The Morgan fingerprint density at radius 1 is 0.778 bits per heavy atom. The third-order valence-corrected chi connectivity index (χ3v) is 6.71. The molecule has 204 valence electrons. The summed E-state index contributed by atoms with van der Waals surface area (Å²) in [5.74, 6) is -0.269. The van der Waals surface area contributed by atoms with Gasteiger partial charge in [0.25, 0.3) is 0 Å². The van der Waals surface area contributed by atoms with Crippen LogP contribution in [0.15, 0.2) is 30.3 Å². The number of carbonyl (C=O) groups excluding carboxylic acids is 2. The number of carbonyl (C=O) groups is 2. The zero-order valence-corrected chi connectivity index (χ0v) is 23.5. The van der Waals surface area contributed by atoms with Crippen LogP contribution in [0.2, 0.25) is 0 Å². The van der Waals surface area contributed by atoms with Crippen LogP contribution in [0.5, 0.6) is 0 Å². The summed E-state index contributed by atoms with van der Waals surface area (Å²) in [7, 11) is 0. The lowest BCUT2D eigenvalue weighted by Gasteiger charge is -2.34. The highest BCUT2D eigenvalue weighted by Gasteiger charge is 2.36.